The van der Waals surface area contributed by atoms with Crippen LogP contribution in [0.3, 0.4) is 0 Å². The second-order valence-electron chi connectivity index (χ2n) is 5.64. The molecular weight excluding hydrogens is 232 g/mol. The van der Waals surface area contributed by atoms with Crippen LogP contribution in [0.15, 0.2) is 0 Å². The van der Waals surface area contributed by atoms with Crippen molar-refractivity contribution in [1.29, 1.82) is 0 Å². The first-order valence-corrected chi connectivity index (χ1v) is 7.99. The summed E-state index contributed by atoms with van der Waals surface area (Å²) in [5.74, 6) is 1.95. The van der Waals surface area contributed by atoms with Crippen molar-refractivity contribution in [2.24, 2.45) is 5.92 Å². The first-order valence-electron chi connectivity index (χ1n) is 6.94. The standard InChI is InChI=1S/C13H22N2OS/c16-13(9-17-12-3-5-14-6-4-12)15-8-10-1-2-11(15)7-10/h10-12,14H,1-9H2. The van der Waals surface area contributed by atoms with E-state index in [0.717, 1.165) is 25.6 Å². The van der Waals surface area contributed by atoms with Crippen LogP contribution in [-0.2, 0) is 4.79 Å². The number of hydrogen-bond donors (Lipinski definition) is 1. The van der Waals surface area contributed by atoms with E-state index in [2.05, 4.69) is 10.2 Å². The number of rotatable bonds is 3. The van der Waals surface area contributed by atoms with E-state index in [1.807, 2.05) is 11.8 Å². The van der Waals surface area contributed by atoms with Gasteiger partial charge in [0.05, 0.1) is 5.75 Å². The molecule has 1 N–H and O–H groups in total. The summed E-state index contributed by atoms with van der Waals surface area (Å²) in [6, 6.07) is 0.598. The van der Waals surface area contributed by atoms with Gasteiger partial charge in [0.15, 0.2) is 0 Å². The zero-order chi connectivity index (χ0) is 11.7. The number of carbonyl (C=O) groups is 1. The monoisotopic (exact) mass is 254 g/mol. The van der Waals surface area contributed by atoms with Crippen molar-refractivity contribution in [2.75, 3.05) is 25.4 Å². The highest BCUT2D eigenvalue weighted by atomic mass is 32.2. The van der Waals surface area contributed by atoms with Gasteiger partial charge >= 0.3 is 0 Å². The van der Waals surface area contributed by atoms with Crippen molar-refractivity contribution in [3.05, 3.63) is 0 Å². The Morgan fingerprint density at radius 1 is 1.24 bits per heavy atom. The quantitative estimate of drug-likeness (QED) is 0.828. The number of nitrogens with one attached hydrogen (secondary N) is 1. The maximum atomic E-state index is 12.2. The van der Waals surface area contributed by atoms with E-state index in [-0.39, 0.29) is 0 Å². The molecule has 1 aliphatic carbocycles. The van der Waals surface area contributed by atoms with Gasteiger partial charge in [0.1, 0.15) is 0 Å². The molecule has 0 aromatic heterocycles. The molecule has 0 aromatic carbocycles. The second-order valence-corrected chi connectivity index (χ2v) is 6.93. The van der Waals surface area contributed by atoms with Gasteiger partial charge in [-0.2, -0.15) is 0 Å². The molecule has 3 nitrogen and oxygen atoms in total. The van der Waals surface area contributed by atoms with Gasteiger partial charge in [0, 0.05) is 17.8 Å². The number of hydrogen-bond acceptors (Lipinski definition) is 3. The van der Waals surface area contributed by atoms with Crippen LogP contribution in [0, 0.1) is 5.92 Å². The maximum Gasteiger partial charge on any atom is 0.232 e. The normalized spacial score (nSPS) is 33.3. The molecule has 2 atom stereocenters. The number of fused-ring (bicyclic) bond motifs is 2. The average molecular weight is 254 g/mol. The van der Waals surface area contributed by atoms with Crippen LogP contribution >= 0.6 is 11.8 Å². The zero-order valence-electron chi connectivity index (χ0n) is 10.4. The lowest BCUT2D eigenvalue weighted by atomic mass is 10.1. The SMILES string of the molecule is O=C(CSC1CCNCC1)N1CC2CCC1C2. The molecule has 2 bridgehead atoms. The summed E-state index contributed by atoms with van der Waals surface area (Å²) in [7, 11) is 0. The van der Waals surface area contributed by atoms with Gasteiger partial charge in [0.25, 0.3) is 0 Å². The van der Waals surface area contributed by atoms with Crippen molar-refractivity contribution >= 4 is 17.7 Å². The number of likely N-dealkylation sites (tertiary alicyclic amines) is 1. The van der Waals surface area contributed by atoms with Gasteiger partial charge in [0.2, 0.25) is 5.91 Å². The van der Waals surface area contributed by atoms with E-state index < -0.39 is 0 Å². The van der Waals surface area contributed by atoms with Crippen molar-refractivity contribution in [3.8, 4) is 0 Å². The molecule has 2 saturated heterocycles. The Labute approximate surface area is 108 Å². The molecule has 0 radical (unpaired) electrons. The van der Waals surface area contributed by atoms with Gasteiger partial charge in [-0.1, -0.05) is 0 Å². The van der Waals surface area contributed by atoms with Crippen molar-refractivity contribution in [1.82, 2.24) is 10.2 Å². The molecule has 2 heterocycles. The summed E-state index contributed by atoms with van der Waals surface area (Å²) in [5.41, 5.74) is 0. The Bertz CT molecular complexity index is 291. The fraction of sp³-hybridized carbons (Fsp3) is 0.923. The fourth-order valence-electron chi connectivity index (χ4n) is 3.46. The molecular formula is C13H22N2OS. The molecule has 1 saturated carbocycles. The van der Waals surface area contributed by atoms with Gasteiger partial charge < -0.3 is 10.2 Å². The third kappa shape index (κ3) is 2.63. The Morgan fingerprint density at radius 2 is 2.06 bits per heavy atom. The van der Waals surface area contributed by atoms with E-state index in [1.54, 1.807) is 0 Å². The molecule has 3 fully saturated rings. The van der Waals surface area contributed by atoms with Crippen LogP contribution in [-0.4, -0.2) is 47.5 Å². The molecule has 0 spiro atoms. The Hall–Kier alpha value is -0.220. The molecule has 1 amide bonds. The molecule has 17 heavy (non-hydrogen) atoms. The van der Waals surface area contributed by atoms with Gasteiger partial charge in [-0.05, 0) is 51.1 Å². The van der Waals surface area contributed by atoms with Gasteiger partial charge in [-0.15, -0.1) is 11.8 Å². The smallest absolute Gasteiger partial charge is 0.232 e. The fourth-order valence-corrected chi connectivity index (χ4v) is 4.58. The number of piperidine rings is 2. The number of thioether (sulfide) groups is 1. The van der Waals surface area contributed by atoms with Gasteiger partial charge in [-0.25, -0.2) is 0 Å². The lowest BCUT2D eigenvalue weighted by Crippen LogP contribution is -2.39. The van der Waals surface area contributed by atoms with Gasteiger partial charge in [-0.3, -0.25) is 4.79 Å². The third-order valence-corrected chi connectivity index (χ3v) is 5.81. The molecule has 2 unspecified atom stereocenters. The van der Waals surface area contributed by atoms with Crippen molar-refractivity contribution in [2.45, 2.75) is 43.4 Å². The van der Waals surface area contributed by atoms with Crippen LogP contribution in [0.25, 0.3) is 0 Å². The average Bonchev–Trinajstić information content (AvgIpc) is 2.99. The molecule has 3 rings (SSSR count). The Morgan fingerprint density at radius 3 is 2.71 bits per heavy atom. The van der Waals surface area contributed by atoms with Crippen LogP contribution in [0.2, 0.25) is 0 Å². The third-order valence-electron chi connectivity index (χ3n) is 4.46. The van der Waals surface area contributed by atoms with Crippen molar-refractivity contribution in [3.63, 3.8) is 0 Å². The Kier molecular flexibility index (Phi) is 3.61. The van der Waals surface area contributed by atoms with Crippen LogP contribution in [0.1, 0.15) is 32.1 Å². The Balaban J connectivity index is 1.44. The van der Waals surface area contributed by atoms with Crippen molar-refractivity contribution < 1.29 is 4.79 Å². The molecule has 2 aliphatic heterocycles. The van der Waals surface area contributed by atoms with E-state index in [1.165, 1.54) is 32.1 Å². The van der Waals surface area contributed by atoms with E-state index in [0.29, 0.717) is 23.0 Å². The molecule has 0 aromatic rings. The van der Waals surface area contributed by atoms with Crippen LogP contribution in [0.5, 0.6) is 0 Å². The van der Waals surface area contributed by atoms with Crippen LogP contribution in [0.4, 0.5) is 0 Å². The highest BCUT2D eigenvalue weighted by Crippen LogP contribution is 2.37. The van der Waals surface area contributed by atoms with Crippen LogP contribution < -0.4 is 5.32 Å². The highest BCUT2D eigenvalue weighted by molar-refractivity contribution is 8.00. The zero-order valence-corrected chi connectivity index (χ0v) is 11.2. The lowest BCUT2D eigenvalue weighted by Gasteiger charge is -2.28. The molecule has 96 valence electrons. The minimum Gasteiger partial charge on any atom is -0.339 e. The first kappa shape index (κ1) is 11.8. The highest BCUT2D eigenvalue weighted by Gasteiger charge is 2.39. The maximum absolute atomic E-state index is 12.2. The number of nitrogens with zero attached hydrogens (tertiary/aromatic N) is 1. The summed E-state index contributed by atoms with van der Waals surface area (Å²) in [4.78, 5) is 14.3. The van der Waals surface area contributed by atoms with E-state index >= 15 is 0 Å². The summed E-state index contributed by atoms with van der Waals surface area (Å²) < 4.78 is 0. The predicted octanol–water partition coefficient (Wildman–Crippen LogP) is 1.48. The number of amides is 1. The van der Waals surface area contributed by atoms with E-state index in [4.69, 9.17) is 0 Å². The number of carbonyl (C=O) groups excluding carboxylic acids is 1. The predicted molar refractivity (Wildman–Crippen MR) is 71.2 cm³/mol. The minimum absolute atomic E-state index is 0.403. The summed E-state index contributed by atoms with van der Waals surface area (Å²) in [6.07, 6.45) is 6.35. The summed E-state index contributed by atoms with van der Waals surface area (Å²) in [6.45, 7) is 3.30. The largest absolute Gasteiger partial charge is 0.339 e. The topological polar surface area (TPSA) is 32.3 Å². The summed E-state index contributed by atoms with van der Waals surface area (Å²) in [5, 5.41) is 4.08. The minimum atomic E-state index is 0.403. The van der Waals surface area contributed by atoms with E-state index in [9.17, 15) is 4.79 Å². The lowest BCUT2D eigenvalue weighted by molar-refractivity contribution is -0.129. The summed E-state index contributed by atoms with van der Waals surface area (Å²) >= 11 is 1.89. The molecule has 4 heteroatoms. The second kappa shape index (κ2) is 5.19. The first-order chi connectivity index (χ1) is 8.33. The molecule has 3 aliphatic rings.